The lowest BCUT2D eigenvalue weighted by Gasteiger charge is -2.27. The first-order chi connectivity index (χ1) is 9.57. The Bertz CT molecular complexity index is 190. The van der Waals surface area contributed by atoms with Crippen molar-refractivity contribution >= 4 is 0 Å². The highest BCUT2D eigenvalue weighted by Crippen LogP contribution is 2.13. The zero-order chi connectivity index (χ0) is 15.2. The lowest BCUT2D eigenvalue weighted by atomic mass is 10.0. The summed E-state index contributed by atoms with van der Waals surface area (Å²) in [5, 5.41) is 0. The zero-order valence-electron chi connectivity index (χ0n) is 15.0. The van der Waals surface area contributed by atoms with Crippen molar-refractivity contribution in [3.05, 3.63) is 0 Å². The Hall–Kier alpha value is -0.0800. The van der Waals surface area contributed by atoms with E-state index in [-0.39, 0.29) is 0 Å². The fraction of sp³-hybridized carbons (Fsp3) is 1.00. The number of nitrogens with zero attached hydrogens (tertiary/aromatic N) is 2. The van der Waals surface area contributed by atoms with Gasteiger partial charge in [-0.15, -0.1) is 0 Å². The van der Waals surface area contributed by atoms with Crippen molar-refractivity contribution < 1.29 is 0 Å². The van der Waals surface area contributed by atoms with E-state index in [0.29, 0.717) is 0 Å². The molecule has 0 N–H and O–H groups in total. The fourth-order valence-corrected chi connectivity index (χ4v) is 2.80. The second-order valence-electron chi connectivity index (χ2n) is 6.85. The molecule has 2 nitrogen and oxygen atoms in total. The predicted octanol–water partition coefficient (Wildman–Crippen LogP) is 4.79. The predicted molar refractivity (Wildman–Crippen MR) is 92.5 cm³/mol. The van der Waals surface area contributed by atoms with E-state index in [4.69, 9.17) is 0 Å². The maximum atomic E-state index is 2.38. The number of likely N-dealkylation sites (N-methyl/N-ethyl adjacent to an activating group) is 2. The van der Waals surface area contributed by atoms with Crippen LogP contribution in [0.1, 0.15) is 77.6 Å². The highest BCUT2D eigenvalue weighted by molar-refractivity contribution is 4.69. The van der Waals surface area contributed by atoms with Crippen LogP contribution in [-0.2, 0) is 0 Å². The van der Waals surface area contributed by atoms with Crippen LogP contribution in [0.5, 0.6) is 0 Å². The van der Waals surface area contributed by atoms with Gasteiger partial charge in [-0.1, -0.05) is 71.1 Å². The Morgan fingerprint density at radius 1 is 0.650 bits per heavy atom. The van der Waals surface area contributed by atoms with Crippen molar-refractivity contribution in [3.63, 3.8) is 0 Å². The third-order valence-corrected chi connectivity index (χ3v) is 4.20. The van der Waals surface area contributed by atoms with Gasteiger partial charge in [0.25, 0.3) is 0 Å². The molecule has 0 aromatic rings. The van der Waals surface area contributed by atoms with Crippen LogP contribution in [0.2, 0.25) is 0 Å². The quantitative estimate of drug-likeness (QED) is 0.423. The molecule has 122 valence electrons. The molecule has 0 heterocycles. The third-order valence-electron chi connectivity index (χ3n) is 4.20. The molecular formula is C18H40N2. The van der Waals surface area contributed by atoms with Crippen molar-refractivity contribution in [1.29, 1.82) is 0 Å². The first kappa shape index (κ1) is 19.9. The average Bonchev–Trinajstić information content (AvgIpc) is 2.39. The highest BCUT2D eigenvalue weighted by Gasteiger charge is 2.11. The topological polar surface area (TPSA) is 6.48 Å². The van der Waals surface area contributed by atoms with Crippen LogP contribution >= 0.6 is 0 Å². The van der Waals surface area contributed by atoms with Gasteiger partial charge in [0.1, 0.15) is 0 Å². The molecule has 0 fully saturated rings. The molecule has 0 amide bonds. The van der Waals surface area contributed by atoms with Gasteiger partial charge >= 0.3 is 0 Å². The van der Waals surface area contributed by atoms with Crippen LogP contribution in [0, 0.1) is 0 Å². The summed E-state index contributed by atoms with van der Waals surface area (Å²) in [4.78, 5) is 4.69. The molecule has 1 unspecified atom stereocenters. The summed E-state index contributed by atoms with van der Waals surface area (Å²) in [7, 11) is 8.78. The van der Waals surface area contributed by atoms with E-state index in [2.05, 4.69) is 44.9 Å². The number of unbranched alkanes of at least 4 members (excludes halogenated alkanes) is 9. The largest absolute Gasteiger partial charge is 0.308 e. The van der Waals surface area contributed by atoms with E-state index in [1.807, 2.05) is 0 Å². The van der Waals surface area contributed by atoms with Gasteiger partial charge in [0.05, 0.1) is 0 Å². The summed E-state index contributed by atoms with van der Waals surface area (Å²) in [6.45, 7) is 3.47. The van der Waals surface area contributed by atoms with Gasteiger partial charge in [0.15, 0.2) is 0 Å². The third kappa shape index (κ3) is 12.9. The van der Waals surface area contributed by atoms with Crippen LogP contribution in [0.4, 0.5) is 0 Å². The van der Waals surface area contributed by atoms with Crippen LogP contribution in [0.3, 0.4) is 0 Å². The monoisotopic (exact) mass is 284 g/mol. The minimum Gasteiger partial charge on any atom is -0.308 e. The Labute approximate surface area is 128 Å². The van der Waals surface area contributed by atoms with Crippen molar-refractivity contribution in [3.8, 4) is 0 Å². The van der Waals surface area contributed by atoms with Crippen LogP contribution in [0.25, 0.3) is 0 Å². The summed E-state index contributed by atoms with van der Waals surface area (Å²) in [5.74, 6) is 0. The van der Waals surface area contributed by atoms with Crippen molar-refractivity contribution in [2.24, 2.45) is 0 Å². The Kier molecular flexibility index (Phi) is 13.8. The molecule has 0 aliphatic carbocycles. The van der Waals surface area contributed by atoms with Gasteiger partial charge in [-0.2, -0.15) is 0 Å². The Morgan fingerprint density at radius 3 is 1.50 bits per heavy atom. The van der Waals surface area contributed by atoms with E-state index < -0.39 is 0 Å². The zero-order valence-corrected chi connectivity index (χ0v) is 15.0. The summed E-state index contributed by atoms with van der Waals surface area (Å²) < 4.78 is 0. The number of hydrogen-bond donors (Lipinski definition) is 0. The van der Waals surface area contributed by atoms with Gasteiger partial charge in [-0.05, 0) is 34.6 Å². The van der Waals surface area contributed by atoms with Crippen LogP contribution < -0.4 is 0 Å². The number of rotatable bonds is 14. The smallest absolute Gasteiger partial charge is 0.0216 e. The molecular weight excluding hydrogens is 244 g/mol. The van der Waals surface area contributed by atoms with E-state index in [1.54, 1.807) is 0 Å². The van der Waals surface area contributed by atoms with E-state index in [1.165, 1.54) is 77.2 Å². The summed E-state index contributed by atoms with van der Waals surface area (Å²) >= 11 is 0. The lowest BCUT2D eigenvalue weighted by Crippen LogP contribution is -2.37. The standard InChI is InChI=1S/C18H40N2/c1-6-7-8-9-10-11-12-13-14-15-16-18(20(4)5)17-19(2)3/h18H,6-17H2,1-5H3. The summed E-state index contributed by atoms with van der Waals surface area (Å²) in [6, 6.07) is 0.721. The van der Waals surface area contributed by atoms with Crippen molar-refractivity contribution in [2.75, 3.05) is 34.7 Å². The van der Waals surface area contributed by atoms with E-state index >= 15 is 0 Å². The summed E-state index contributed by atoms with van der Waals surface area (Å²) in [5.41, 5.74) is 0. The number of hydrogen-bond acceptors (Lipinski definition) is 2. The molecule has 0 aromatic heterocycles. The minimum absolute atomic E-state index is 0.721. The van der Waals surface area contributed by atoms with Crippen molar-refractivity contribution in [2.45, 2.75) is 83.6 Å². The molecule has 0 radical (unpaired) electrons. The highest BCUT2D eigenvalue weighted by atomic mass is 15.2. The molecule has 0 saturated heterocycles. The normalized spacial score (nSPS) is 13.3. The molecule has 0 aliphatic rings. The molecule has 20 heavy (non-hydrogen) atoms. The Morgan fingerprint density at radius 2 is 1.10 bits per heavy atom. The molecule has 0 spiro atoms. The van der Waals surface area contributed by atoms with Crippen molar-refractivity contribution in [1.82, 2.24) is 9.80 Å². The molecule has 0 rings (SSSR count). The second kappa shape index (κ2) is 13.9. The minimum atomic E-state index is 0.721. The lowest BCUT2D eigenvalue weighted by molar-refractivity contribution is 0.213. The average molecular weight is 285 g/mol. The summed E-state index contributed by atoms with van der Waals surface area (Å²) in [6.07, 6.45) is 15.7. The maximum Gasteiger partial charge on any atom is 0.0216 e. The SMILES string of the molecule is CCCCCCCCCCCCC(CN(C)C)N(C)C. The van der Waals surface area contributed by atoms with Gasteiger partial charge in [0, 0.05) is 12.6 Å². The molecule has 2 heteroatoms. The van der Waals surface area contributed by atoms with Gasteiger partial charge in [-0.25, -0.2) is 0 Å². The molecule has 0 saturated carbocycles. The van der Waals surface area contributed by atoms with E-state index in [9.17, 15) is 0 Å². The van der Waals surface area contributed by atoms with Crippen LogP contribution in [0.15, 0.2) is 0 Å². The van der Waals surface area contributed by atoms with Gasteiger partial charge in [-0.3, -0.25) is 0 Å². The van der Waals surface area contributed by atoms with Gasteiger partial charge < -0.3 is 9.80 Å². The van der Waals surface area contributed by atoms with E-state index in [0.717, 1.165) is 6.04 Å². The molecule has 0 aliphatic heterocycles. The van der Waals surface area contributed by atoms with Crippen LogP contribution in [-0.4, -0.2) is 50.6 Å². The van der Waals surface area contributed by atoms with Gasteiger partial charge in [0.2, 0.25) is 0 Å². The maximum absolute atomic E-state index is 2.38. The first-order valence-electron chi connectivity index (χ1n) is 8.89. The molecule has 0 aromatic carbocycles. The molecule has 1 atom stereocenters. The fourth-order valence-electron chi connectivity index (χ4n) is 2.80. The Balaban J connectivity index is 3.37. The second-order valence-corrected chi connectivity index (χ2v) is 6.85. The first-order valence-corrected chi connectivity index (χ1v) is 8.89. The molecule has 0 bridgehead atoms.